The Kier molecular flexibility index (Phi) is 7.08. The van der Waals surface area contributed by atoms with E-state index in [0.717, 1.165) is 47.6 Å². The standard InChI is InChI=1S/C25H34N2O4/c1-31-19-6-7-23-21(15-19)20(9-12-26-23)24(28)8-5-18-11-14-27(16-22(18)25(29)30)13-10-17-3-2-4-17/h6-7,9,12,15,17-18,22,24,28H,2-5,8,10-11,13-14,16H2,1H3,(H,29,30)/t18-,22+,24?/m1/s1. The summed E-state index contributed by atoms with van der Waals surface area (Å²) in [4.78, 5) is 18.7. The number of pyridine rings is 1. The van der Waals surface area contributed by atoms with Crippen LogP contribution in [0.15, 0.2) is 30.5 Å². The van der Waals surface area contributed by atoms with Gasteiger partial charge in [-0.25, -0.2) is 0 Å². The molecule has 0 bridgehead atoms. The van der Waals surface area contributed by atoms with Crippen molar-refractivity contribution in [3.63, 3.8) is 0 Å². The van der Waals surface area contributed by atoms with Crippen molar-refractivity contribution < 1.29 is 19.7 Å². The number of carboxylic acid groups (broad SMARTS) is 1. The highest BCUT2D eigenvalue weighted by molar-refractivity contribution is 5.83. The van der Waals surface area contributed by atoms with Crippen LogP contribution in [-0.2, 0) is 4.79 Å². The number of benzene rings is 1. The Bertz CT molecular complexity index is 898. The van der Waals surface area contributed by atoms with Crippen molar-refractivity contribution in [2.75, 3.05) is 26.7 Å². The summed E-state index contributed by atoms with van der Waals surface area (Å²) in [5.41, 5.74) is 1.65. The van der Waals surface area contributed by atoms with Crippen molar-refractivity contribution in [2.24, 2.45) is 17.8 Å². The van der Waals surface area contributed by atoms with E-state index in [1.807, 2.05) is 24.3 Å². The SMILES string of the molecule is COc1ccc2nccc(C(O)CC[C@@H]3CCN(CCC4CCC4)C[C@@H]3C(=O)O)c2c1. The molecule has 1 aromatic carbocycles. The lowest BCUT2D eigenvalue weighted by Gasteiger charge is -2.38. The maximum absolute atomic E-state index is 12.0. The summed E-state index contributed by atoms with van der Waals surface area (Å²) in [7, 11) is 1.62. The van der Waals surface area contributed by atoms with Crippen molar-refractivity contribution in [3.05, 3.63) is 36.0 Å². The zero-order valence-electron chi connectivity index (χ0n) is 18.4. The van der Waals surface area contributed by atoms with Gasteiger partial charge in [0, 0.05) is 18.1 Å². The number of carboxylic acids is 1. The molecule has 31 heavy (non-hydrogen) atoms. The van der Waals surface area contributed by atoms with Gasteiger partial charge in [0.25, 0.3) is 0 Å². The number of piperidine rings is 1. The predicted molar refractivity (Wildman–Crippen MR) is 120 cm³/mol. The number of likely N-dealkylation sites (tertiary alicyclic amines) is 1. The zero-order chi connectivity index (χ0) is 21.8. The molecule has 1 unspecified atom stereocenters. The topological polar surface area (TPSA) is 82.9 Å². The summed E-state index contributed by atoms with van der Waals surface area (Å²) < 4.78 is 5.33. The van der Waals surface area contributed by atoms with Crippen LogP contribution in [0.4, 0.5) is 0 Å². The second-order valence-corrected chi connectivity index (χ2v) is 9.26. The smallest absolute Gasteiger partial charge is 0.308 e. The second kappa shape index (κ2) is 9.96. The molecule has 1 aliphatic heterocycles. The summed E-state index contributed by atoms with van der Waals surface area (Å²) in [5.74, 6) is 0.636. The van der Waals surface area contributed by atoms with Gasteiger partial charge in [-0.05, 0) is 80.4 Å². The monoisotopic (exact) mass is 426 g/mol. The summed E-state index contributed by atoms with van der Waals surface area (Å²) >= 11 is 0. The lowest BCUT2D eigenvalue weighted by atomic mass is 9.80. The molecule has 2 fully saturated rings. The number of fused-ring (bicyclic) bond motifs is 1. The first-order valence-electron chi connectivity index (χ1n) is 11.6. The van der Waals surface area contributed by atoms with Crippen LogP contribution in [0.3, 0.4) is 0 Å². The number of aliphatic hydroxyl groups excluding tert-OH is 1. The maximum Gasteiger partial charge on any atom is 0.308 e. The number of aliphatic carboxylic acids is 1. The molecular weight excluding hydrogens is 392 g/mol. The van der Waals surface area contributed by atoms with Gasteiger partial charge in [0.15, 0.2) is 0 Å². The van der Waals surface area contributed by atoms with Gasteiger partial charge in [0.05, 0.1) is 24.6 Å². The first kappa shape index (κ1) is 22.0. The highest BCUT2D eigenvalue weighted by Crippen LogP contribution is 2.35. The largest absolute Gasteiger partial charge is 0.497 e. The van der Waals surface area contributed by atoms with Crippen molar-refractivity contribution >= 4 is 16.9 Å². The fourth-order valence-corrected chi connectivity index (χ4v) is 5.13. The molecular formula is C25H34N2O4. The molecule has 1 aliphatic carbocycles. The Labute approximate surface area is 184 Å². The van der Waals surface area contributed by atoms with Gasteiger partial charge in [-0.15, -0.1) is 0 Å². The molecule has 1 aromatic heterocycles. The van der Waals surface area contributed by atoms with Crippen molar-refractivity contribution in [1.82, 2.24) is 9.88 Å². The van der Waals surface area contributed by atoms with Crippen LogP contribution in [0.1, 0.15) is 56.6 Å². The Morgan fingerprint density at radius 3 is 2.81 bits per heavy atom. The van der Waals surface area contributed by atoms with Crippen LogP contribution in [-0.4, -0.2) is 52.8 Å². The number of ether oxygens (including phenoxy) is 1. The molecule has 2 N–H and O–H groups in total. The van der Waals surface area contributed by atoms with Gasteiger partial charge in [0.1, 0.15) is 5.75 Å². The predicted octanol–water partition coefficient (Wildman–Crippen LogP) is 4.27. The summed E-state index contributed by atoms with van der Waals surface area (Å²) in [5, 5.41) is 21.7. The van der Waals surface area contributed by atoms with E-state index in [2.05, 4.69) is 9.88 Å². The number of aromatic nitrogens is 1. The number of aliphatic hydroxyl groups is 1. The van der Waals surface area contributed by atoms with Crippen molar-refractivity contribution in [1.29, 1.82) is 0 Å². The number of methoxy groups -OCH3 is 1. The van der Waals surface area contributed by atoms with E-state index in [4.69, 9.17) is 4.74 Å². The molecule has 168 valence electrons. The third-order valence-electron chi connectivity index (χ3n) is 7.39. The summed E-state index contributed by atoms with van der Waals surface area (Å²) in [6.07, 6.45) is 8.45. The molecule has 2 heterocycles. The average Bonchev–Trinajstić information content (AvgIpc) is 2.75. The van der Waals surface area contributed by atoms with Gasteiger partial charge in [-0.2, -0.15) is 0 Å². The molecule has 2 aromatic rings. The fourth-order valence-electron chi connectivity index (χ4n) is 5.13. The number of rotatable bonds is 9. The number of hydrogen-bond acceptors (Lipinski definition) is 5. The zero-order valence-corrected chi connectivity index (χ0v) is 18.4. The van der Waals surface area contributed by atoms with Crippen LogP contribution in [0, 0.1) is 17.8 Å². The van der Waals surface area contributed by atoms with Crippen molar-refractivity contribution in [2.45, 2.75) is 51.0 Å². The first-order chi connectivity index (χ1) is 15.0. The lowest BCUT2D eigenvalue weighted by Crippen LogP contribution is -2.44. The minimum absolute atomic E-state index is 0.106. The summed E-state index contributed by atoms with van der Waals surface area (Å²) in [6.45, 7) is 2.62. The van der Waals surface area contributed by atoms with Gasteiger partial charge >= 0.3 is 5.97 Å². The van der Waals surface area contributed by atoms with Gasteiger partial charge in [0.2, 0.25) is 0 Å². The average molecular weight is 427 g/mol. The number of hydrogen-bond donors (Lipinski definition) is 2. The quantitative estimate of drug-likeness (QED) is 0.623. The highest BCUT2D eigenvalue weighted by atomic mass is 16.5. The first-order valence-corrected chi connectivity index (χ1v) is 11.6. The van der Waals surface area contributed by atoms with Crippen LogP contribution >= 0.6 is 0 Å². The van der Waals surface area contributed by atoms with Crippen LogP contribution in [0.5, 0.6) is 5.75 Å². The fraction of sp³-hybridized carbons (Fsp3) is 0.600. The second-order valence-electron chi connectivity index (χ2n) is 9.26. The number of carbonyl (C=O) groups is 1. The Hall–Kier alpha value is -2.18. The van der Waals surface area contributed by atoms with Crippen LogP contribution in [0.25, 0.3) is 10.9 Å². The maximum atomic E-state index is 12.0. The minimum atomic E-state index is -0.702. The van der Waals surface area contributed by atoms with E-state index in [9.17, 15) is 15.0 Å². The molecule has 2 aliphatic rings. The van der Waals surface area contributed by atoms with E-state index in [0.29, 0.717) is 19.4 Å². The minimum Gasteiger partial charge on any atom is -0.497 e. The third-order valence-corrected chi connectivity index (χ3v) is 7.39. The molecule has 1 saturated carbocycles. The molecule has 0 amide bonds. The van der Waals surface area contributed by atoms with Crippen LogP contribution in [0.2, 0.25) is 0 Å². The molecule has 1 saturated heterocycles. The highest BCUT2D eigenvalue weighted by Gasteiger charge is 2.34. The molecule has 6 heteroatoms. The molecule has 3 atom stereocenters. The molecule has 0 radical (unpaired) electrons. The molecule has 4 rings (SSSR count). The van der Waals surface area contributed by atoms with Crippen LogP contribution < -0.4 is 4.74 Å². The van der Waals surface area contributed by atoms with Crippen molar-refractivity contribution in [3.8, 4) is 5.75 Å². The van der Waals surface area contributed by atoms with E-state index in [1.54, 1.807) is 13.3 Å². The normalized spacial score (nSPS) is 23.4. The molecule has 6 nitrogen and oxygen atoms in total. The Balaban J connectivity index is 1.37. The van der Waals surface area contributed by atoms with Gasteiger partial charge in [-0.1, -0.05) is 19.3 Å². The Morgan fingerprint density at radius 2 is 2.10 bits per heavy atom. The van der Waals surface area contributed by atoms with E-state index in [1.165, 1.54) is 25.7 Å². The molecule has 0 spiro atoms. The Morgan fingerprint density at radius 1 is 1.26 bits per heavy atom. The lowest BCUT2D eigenvalue weighted by molar-refractivity contribution is -0.146. The van der Waals surface area contributed by atoms with E-state index in [-0.39, 0.29) is 11.8 Å². The summed E-state index contributed by atoms with van der Waals surface area (Å²) in [6, 6.07) is 7.51. The van der Waals surface area contributed by atoms with Gasteiger partial charge < -0.3 is 19.8 Å². The van der Waals surface area contributed by atoms with E-state index >= 15 is 0 Å². The van der Waals surface area contributed by atoms with Gasteiger partial charge in [-0.3, -0.25) is 9.78 Å². The third kappa shape index (κ3) is 5.18. The van der Waals surface area contributed by atoms with E-state index < -0.39 is 12.1 Å². The number of nitrogens with zero attached hydrogens (tertiary/aromatic N) is 2.